The van der Waals surface area contributed by atoms with Gasteiger partial charge in [0.15, 0.2) is 0 Å². The van der Waals surface area contributed by atoms with Crippen LogP contribution in [0, 0.1) is 6.92 Å². The molecule has 3 N–H and O–H groups in total. The lowest BCUT2D eigenvalue weighted by Gasteiger charge is -2.36. The minimum atomic E-state index is -1.03. The predicted molar refractivity (Wildman–Crippen MR) is 80.2 cm³/mol. The van der Waals surface area contributed by atoms with Crippen LogP contribution in [-0.2, 0) is 4.74 Å². The second-order valence-corrected chi connectivity index (χ2v) is 5.62. The summed E-state index contributed by atoms with van der Waals surface area (Å²) in [7, 11) is 0. The Balaban J connectivity index is 1.85. The maximum atomic E-state index is 11.4. The number of fused-ring (bicyclic) bond motifs is 1. The molecular weight excluding hydrogens is 304 g/mol. The van der Waals surface area contributed by atoms with E-state index in [4.69, 9.17) is 19.0 Å². The lowest BCUT2D eigenvalue weighted by atomic mass is 10.0. The molecule has 0 unspecified atom stereocenters. The van der Waals surface area contributed by atoms with Crippen molar-refractivity contribution in [2.45, 2.75) is 37.9 Å². The number of aliphatic hydroxyl groups excluding tert-OH is 3. The number of ether oxygens (including phenoxy) is 2. The Morgan fingerprint density at radius 3 is 2.78 bits per heavy atom. The van der Waals surface area contributed by atoms with Gasteiger partial charge in [-0.15, -0.1) is 0 Å². The van der Waals surface area contributed by atoms with Gasteiger partial charge in [-0.3, -0.25) is 0 Å². The number of benzene rings is 1. The third kappa shape index (κ3) is 3.23. The molecule has 0 amide bonds. The minimum Gasteiger partial charge on any atom is -0.462 e. The van der Waals surface area contributed by atoms with Crippen molar-refractivity contribution in [3.63, 3.8) is 0 Å². The molecule has 1 aromatic carbocycles. The molecule has 0 aliphatic carbocycles. The number of hydrogen-bond donors (Lipinski definition) is 3. The van der Waals surface area contributed by atoms with E-state index in [1.54, 1.807) is 25.1 Å². The number of hydrogen-bond acceptors (Lipinski definition) is 7. The first kappa shape index (κ1) is 15.9. The van der Waals surface area contributed by atoms with Gasteiger partial charge in [0.05, 0.1) is 12.7 Å². The average molecular weight is 322 g/mol. The molecule has 124 valence electrons. The lowest BCUT2D eigenvalue weighted by Crippen LogP contribution is -2.50. The number of rotatable bonds is 3. The monoisotopic (exact) mass is 322 g/mol. The van der Waals surface area contributed by atoms with Gasteiger partial charge in [-0.2, -0.15) is 0 Å². The molecule has 0 bridgehead atoms. The maximum Gasteiger partial charge on any atom is 0.336 e. The molecule has 23 heavy (non-hydrogen) atoms. The van der Waals surface area contributed by atoms with Gasteiger partial charge in [0.1, 0.15) is 23.5 Å². The van der Waals surface area contributed by atoms with Crippen LogP contribution in [0.1, 0.15) is 12.0 Å². The summed E-state index contributed by atoms with van der Waals surface area (Å²) in [5.74, 6) is 0.350. The van der Waals surface area contributed by atoms with Crippen molar-refractivity contribution in [2.75, 3.05) is 6.61 Å². The van der Waals surface area contributed by atoms with Crippen molar-refractivity contribution >= 4 is 11.0 Å². The summed E-state index contributed by atoms with van der Waals surface area (Å²) in [6.45, 7) is 1.43. The van der Waals surface area contributed by atoms with Crippen LogP contribution in [0.5, 0.6) is 5.75 Å². The highest BCUT2D eigenvalue weighted by atomic mass is 16.7. The van der Waals surface area contributed by atoms with E-state index in [9.17, 15) is 15.0 Å². The van der Waals surface area contributed by atoms with Crippen LogP contribution in [0.4, 0.5) is 0 Å². The first-order valence-corrected chi connectivity index (χ1v) is 7.31. The molecule has 1 aliphatic heterocycles. The first-order chi connectivity index (χ1) is 11.0. The van der Waals surface area contributed by atoms with Gasteiger partial charge in [-0.1, -0.05) is 0 Å². The molecule has 1 fully saturated rings. The van der Waals surface area contributed by atoms with Gasteiger partial charge in [-0.25, -0.2) is 4.79 Å². The standard InChI is InChI=1S/C16H18O7/c1-8-4-15(20)22-13-5-9(2-3-10(8)13)21-16-12(19)6-11(18)14(7-17)23-16/h2-5,11-12,14,16-19H,6-7H2,1H3/t11-,12+,14+,16+/m0/s1. The van der Waals surface area contributed by atoms with E-state index in [0.29, 0.717) is 11.3 Å². The van der Waals surface area contributed by atoms with Gasteiger partial charge in [0.2, 0.25) is 6.29 Å². The molecule has 3 rings (SSSR count). The number of aliphatic hydroxyl groups is 3. The molecule has 1 saturated heterocycles. The molecule has 0 radical (unpaired) electrons. The van der Waals surface area contributed by atoms with E-state index < -0.39 is 30.2 Å². The molecular formula is C16H18O7. The molecule has 0 spiro atoms. The zero-order valence-corrected chi connectivity index (χ0v) is 12.5. The van der Waals surface area contributed by atoms with Crippen molar-refractivity contribution in [3.05, 3.63) is 40.2 Å². The maximum absolute atomic E-state index is 11.4. The fourth-order valence-corrected chi connectivity index (χ4v) is 2.65. The normalized spacial score (nSPS) is 28.0. The predicted octanol–water partition coefficient (Wildman–Crippen LogP) is 0.309. The van der Waals surface area contributed by atoms with E-state index in [1.807, 2.05) is 0 Å². The zero-order valence-electron chi connectivity index (χ0n) is 12.5. The summed E-state index contributed by atoms with van der Waals surface area (Å²) < 4.78 is 16.1. The van der Waals surface area contributed by atoms with E-state index in [-0.39, 0.29) is 13.0 Å². The Morgan fingerprint density at radius 1 is 1.26 bits per heavy atom. The van der Waals surface area contributed by atoms with Crippen molar-refractivity contribution in [1.29, 1.82) is 0 Å². The molecule has 2 heterocycles. The van der Waals surface area contributed by atoms with Gasteiger partial charge in [0, 0.05) is 23.9 Å². The van der Waals surface area contributed by atoms with E-state index in [1.165, 1.54) is 6.07 Å². The molecule has 7 heteroatoms. The highest BCUT2D eigenvalue weighted by Gasteiger charge is 2.37. The Hall–Kier alpha value is -1.93. The van der Waals surface area contributed by atoms with Gasteiger partial charge in [-0.05, 0) is 24.6 Å². The highest BCUT2D eigenvalue weighted by Crippen LogP contribution is 2.26. The third-order valence-electron chi connectivity index (χ3n) is 3.89. The lowest BCUT2D eigenvalue weighted by molar-refractivity contribution is -0.240. The van der Waals surface area contributed by atoms with Crippen LogP contribution in [-0.4, -0.2) is 46.5 Å². The van der Waals surface area contributed by atoms with Gasteiger partial charge < -0.3 is 29.2 Å². The smallest absolute Gasteiger partial charge is 0.336 e. The van der Waals surface area contributed by atoms with Crippen molar-refractivity contribution in [1.82, 2.24) is 0 Å². The van der Waals surface area contributed by atoms with Crippen LogP contribution in [0.15, 0.2) is 33.5 Å². The SMILES string of the molecule is Cc1cc(=O)oc2cc(O[C@@H]3O[C@H](CO)[C@@H](O)C[C@H]3O)ccc12. The Bertz CT molecular complexity index is 754. The third-order valence-corrected chi connectivity index (χ3v) is 3.89. The topological polar surface area (TPSA) is 109 Å². The second-order valence-electron chi connectivity index (χ2n) is 5.62. The Labute approximate surface area is 131 Å². The van der Waals surface area contributed by atoms with E-state index in [2.05, 4.69) is 0 Å². The Morgan fingerprint density at radius 2 is 2.04 bits per heavy atom. The fourth-order valence-electron chi connectivity index (χ4n) is 2.65. The largest absolute Gasteiger partial charge is 0.462 e. The summed E-state index contributed by atoms with van der Waals surface area (Å²) >= 11 is 0. The molecule has 0 saturated carbocycles. The molecule has 1 aliphatic rings. The highest BCUT2D eigenvalue weighted by molar-refractivity contribution is 5.81. The molecule has 4 atom stereocenters. The van der Waals surface area contributed by atoms with Crippen LogP contribution >= 0.6 is 0 Å². The summed E-state index contributed by atoms with van der Waals surface area (Å²) in [6, 6.07) is 6.36. The van der Waals surface area contributed by atoms with Crippen molar-refractivity contribution in [2.24, 2.45) is 0 Å². The summed E-state index contributed by atoms with van der Waals surface area (Å²) in [5.41, 5.74) is 0.710. The van der Waals surface area contributed by atoms with E-state index in [0.717, 1.165) is 10.9 Å². The van der Waals surface area contributed by atoms with Crippen molar-refractivity contribution in [3.8, 4) is 5.75 Å². The van der Waals surface area contributed by atoms with Gasteiger partial charge >= 0.3 is 5.63 Å². The van der Waals surface area contributed by atoms with Crippen LogP contribution in [0.3, 0.4) is 0 Å². The van der Waals surface area contributed by atoms with Crippen LogP contribution in [0.2, 0.25) is 0 Å². The quantitative estimate of drug-likeness (QED) is 0.698. The summed E-state index contributed by atoms with van der Waals surface area (Å²) in [4.78, 5) is 11.4. The fraction of sp³-hybridized carbons (Fsp3) is 0.438. The zero-order chi connectivity index (χ0) is 16.6. The summed E-state index contributed by atoms with van der Waals surface area (Å²) in [5, 5.41) is 29.6. The molecule has 7 nitrogen and oxygen atoms in total. The number of aryl methyl sites for hydroxylation is 1. The van der Waals surface area contributed by atoms with Crippen LogP contribution in [0.25, 0.3) is 11.0 Å². The molecule has 1 aromatic heterocycles. The Kier molecular flexibility index (Phi) is 4.36. The average Bonchev–Trinajstić information content (AvgIpc) is 2.49. The van der Waals surface area contributed by atoms with Gasteiger partial charge in [0.25, 0.3) is 0 Å². The van der Waals surface area contributed by atoms with Crippen LogP contribution < -0.4 is 10.4 Å². The summed E-state index contributed by atoms with van der Waals surface area (Å²) in [6.07, 6.45) is -3.79. The van der Waals surface area contributed by atoms with E-state index >= 15 is 0 Å². The second kappa shape index (κ2) is 6.29. The molecule has 2 aromatic rings. The van der Waals surface area contributed by atoms with Crippen molar-refractivity contribution < 1.29 is 29.2 Å². The minimum absolute atomic E-state index is 0.0394. The first-order valence-electron chi connectivity index (χ1n) is 7.31.